The first-order chi connectivity index (χ1) is 8.61. The van der Waals surface area contributed by atoms with E-state index in [2.05, 4.69) is 0 Å². The molecule has 0 aromatic heterocycles. The van der Waals surface area contributed by atoms with E-state index >= 15 is 0 Å². The number of aliphatic hydroxyl groups excluding tert-OH is 1. The molecule has 3 rings (SSSR count). The number of carbonyl (C=O) groups excluding carboxylic acids is 1. The predicted octanol–water partition coefficient (Wildman–Crippen LogP) is 1.72. The minimum absolute atomic E-state index is 0.0267. The summed E-state index contributed by atoms with van der Waals surface area (Å²) >= 11 is 0. The average Bonchev–Trinajstić information content (AvgIpc) is 2.38. The van der Waals surface area contributed by atoms with Crippen molar-refractivity contribution in [1.82, 2.24) is 0 Å². The molecule has 4 nitrogen and oxygen atoms in total. The van der Waals surface area contributed by atoms with Crippen molar-refractivity contribution >= 4 is 5.78 Å². The van der Waals surface area contributed by atoms with Crippen molar-refractivity contribution in [2.45, 2.75) is 6.10 Å². The number of fused-ring (bicyclic) bond motifs is 2. The molecule has 1 aliphatic rings. The van der Waals surface area contributed by atoms with Crippen LogP contribution in [0.1, 0.15) is 33.2 Å². The fraction of sp³-hybridized carbons (Fsp3) is 0.0714. The van der Waals surface area contributed by atoms with Gasteiger partial charge in [-0.05, 0) is 17.7 Å². The number of benzene rings is 2. The lowest BCUT2D eigenvalue weighted by Gasteiger charge is -2.24. The summed E-state index contributed by atoms with van der Waals surface area (Å²) in [5, 5.41) is 29.7. The molecule has 0 saturated heterocycles. The first kappa shape index (κ1) is 10.8. The molecule has 0 radical (unpaired) electrons. The third-order valence-electron chi connectivity index (χ3n) is 3.20. The molecule has 1 unspecified atom stereocenters. The summed E-state index contributed by atoms with van der Waals surface area (Å²) < 4.78 is 0. The van der Waals surface area contributed by atoms with Crippen LogP contribution in [0.25, 0.3) is 0 Å². The molecule has 4 heteroatoms. The van der Waals surface area contributed by atoms with Crippen LogP contribution < -0.4 is 0 Å². The van der Waals surface area contributed by atoms with Gasteiger partial charge in [0.05, 0.1) is 5.56 Å². The molecule has 0 amide bonds. The highest BCUT2D eigenvalue weighted by molar-refractivity contribution is 6.14. The van der Waals surface area contributed by atoms with Gasteiger partial charge in [0.15, 0.2) is 5.78 Å². The Morgan fingerprint density at radius 1 is 0.944 bits per heavy atom. The molecular formula is C14H10O4. The highest BCUT2D eigenvalue weighted by atomic mass is 16.3. The van der Waals surface area contributed by atoms with Gasteiger partial charge in [-0.3, -0.25) is 4.79 Å². The summed E-state index contributed by atoms with van der Waals surface area (Å²) in [4.78, 5) is 12.2. The van der Waals surface area contributed by atoms with E-state index in [1.807, 2.05) is 0 Å². The maximum absolute atomic E-state index is 12.2. The molecule has 2 aromatic rings. The lowest BCUT2D eigenvalue weighted by atomic mass is 9.82. The minimum Gasteiger partial charge on any atom is -0.508 e. The van der Waals surface area contributed by atoms with Crippen molar-refractivity contribution in [3.8, 4) is 11.5 Å². The Hall–Kier alpha value is -2.33. The highest BCUT2D eigenvalue weighted by Crippen LogP contribution is 2.42. The summed E-state index contributed by atoms with van der Waals surface area (Å²) in [6.07, 6.45) is -1.11. The maximum atomic E-state index is 12.2. The largest absolute Gasteiger partial charge is 0.508 e. The van der Waals surface area contributed by atoms with Crippen molar-refractivity contribution in [2.75, 3.05) is 0 Å². The Kier molecular flexibility index (Phi) is 2.15. The zero-order chi connectivity index (χ0) is 12.9. The van der Waals surface area contributed by atoms with Crippen molar-refractivity contribution < 1.29 is 20.1 Å². The van der Waals surface area contributed by atoms with E-state index in [9.17, 15) is 20.1 Å². The van der Waals surface area contributed by atoms with Gasteiger partial charge >= 0.3 is 0 Å². The molecule has 2 aromatic carbocycles. The Morgan fingerprint density at radius 2 is 1.61 bits per heavy atom. The monoisotopic (exact) mass is 242 g/mol. The number of hydrogen-bond donors (Lipinski definition) is 3. The number of hydrogen-bond acceptors (Lipinski definition) is 4. The van der Waals surface area contributed by atoms with E-state index in [1.54, 1.807) is 24.3 Å². The Labute approximate surface area is 103 Å². The molecule has 18 heavy (non-hydrogen) atoms. The smallest absolute Gasteiger partial charge is 0.197 e. The van der Waals surface area contributed by atoms with E-state index < -0.39 is 6.10 Å². The first-order valence-electron chi connectivity index (χ1n) is 5.47. The van der Waals surface area contributed by atoms with Gasteiger partial charge in [-0.25, -0.2) is 0 Å². The second kappa shape index (κ2) is 3.58. The van der Waals surface area contributed by atoms with Crippen LogP contribution in [0.4, 0.5) is 0 Å². The fourth-order valence-electron chi connectivity index (χ4n) is 2.34. The molecule has 0 aliphatic heterocycles. The minimum atomic E-state index is -1.11. The predicted molar refractivity (Wildman–Crippen MR) is 63.7 cm³/mol. The van der Waals surface area contributed by atoms with Crippen LogP contribution >= 0.6 is 0 Å². The van der Waals surface area contributed by atoms with Gasteiger partial charge in [0.1, 0.15) is 17.6 Å². The van der Waals surface area contributed by atoms with Gasteiger partial charge in [-0.2, -0.15) is 0 Å². The fourth-order valence-corrected chi connectivity index (χ4v) is 2.34. The van der Waals surface area contributed by atoms with Crippen LogP contribution in [0.3, 0.4) is 0 Å². The summed E-state index contributed by atoms with van der Waals surface area (Å²) in [5.41, 5.74) is 0.828. The number of ketones is 1. The lowest BCUT2D eigenvalue weighted by Crippen LogP contribution is -2.19. The van der Waals surface area contributed by atoms with Crippen molar-refractivity contribution in [3.63, 3.8) is 0 Å². The van der Waals surface area contributed by atoms with Crippen LogP contribution in [0, 0.1) is 0 Å². The summed E-state index contributed by atoms with van der Waals surface area (Å²) in [5.74, 6) is -0.821. The van der Waals surface area contributed by atoms with Crippen LogP contribution in [-0.2, 0) is 0 Å². The zero-order valence-corrected chi connectivity index (χ0v) is 9.29. The molecular weight excluding hydrogens is 232 g/mol. The van der Waals surface area contributed by atoms with E-state index in [4.69, 9.17) is 0 Å². The van der Waals surface area contributed by atoms with Gasteiger partial charge < -0.3 is 15.3 Å². The van der Waals surface area contributed by atoms with Gasteiger partial charge in [0, 0.05) is 11.1 Å². The molecule has 3 N–H and O–H groups in total. The summed E-state index contributed by atoms with van der Waals surface area (Å²) in [7, 11) is 0. The van der Waals surface area contributed by atoms with Crippen LogP contribution in [0.15, 0.2) is 36.4 Å². The van der Waals surface area contributed by atoms with Gasteiger partial charge in [0.25, 0.3) is 0 Å². The van der Waals surface area contributed by atoms with Crippen LogP contribution in [-0.4, -0.2) is 21.1 Å². The Bertz CT molecular complexity index is 661. The molecule has 1 atom stereocenters. The second-order valence-corrected chi connectivity index (χ2v) is 4.21. The van der Waals surface area contributed by atoms with E-state index in [1.165, 1.54) is 12.1 Å². The van der Waals surface area contributed by atoms with E-state index in [0.29, 0.717) is 11.1 Å². The van der Waals surface area contributed by atoms with Crippen LogP contribution in [0.5, 0.6) is 11.5 Å². The summed E-state index contributed by atoms with van der Waals surface area (Å²) in [6, 6.07) is 9.12. The Morgan fingerprint density at radius 3 is 2.39 bits per heavy atom. The number of carbonyl (C=O) groups is 1. The number of phenolic OH excluding ortho intramolecular Hbond substituents is 2. The molecule has 0 bridgehead atoms. The van der Waals surface area contributed by atoms with E-state index in [0.717, 1.165) is 0 Å². The third-order valence-corrected chi connectivity index (χ3v) is 3.20. The number of aliphatic hydroxyl groups is 1. The number of aromatic hydroxyl groups is 2. The third kappa shape index (κ3) is 1.26. The summed E-state index contributed by atoms with van der Waals surface area (Å²) in [6.45, 7) is 0. The SMILES string of the molecule is O=C1c2ccccc2C(O)c2c(O)ccc(O)c21. The Balaban J connectivity index is 2.37. The molecule has 0 heterocycles. The van der Waals surface area contributed by atoms with Crippen molar-refractivity contribution in [3.05, 3.63) is 58.7 Å². The molecule has 1 aliphatic carbocycles. The zero-order valence-electron chi connectivity index (χ0n) is 9.29. The number of rotatable bonds is 0. The molecule has 0 fully saturated rings. The molecule has 0 saturated carbocycles. The lowest BCUT2D eigenvalue weighted by molar-refractivity contribution is 0.101. The highest BCUT2D eigenvalue weighted by Gasteiger charge is 2.33. The van der Waals surface area contributed by atoms with Gasteiger partial charge in [0.2, 0.25) is 0 Å². The quantitative estimate of drug-likeness (QED) is 0.615. The first-order valence-corrected chi connectivity index (χ1v) is 5.47. The molecule has 0 spiro atoms. The standard InChI is InChI=1S/C14H10O4/c15-9-5-6-10(16)12-11(9)13(17)7-3-1-2-4-8(7)14(12)18/h1-6,13,15-17H. The normalized spacial score (nSPS) is 17.2. The van der Waals surface area contributed by atoms with Crippen molar-refractivity contribution in [2.24, 2.45) is 0 Å². The van der Waals surface area contributed by atoms with Gasteiger partial charge in [-0.15, -0.1) is 0 Å². The number of phenols is 2. The van der Waals surface area contributed by atoms with Crippen molar-refractivity contribution in [1.29, 1.82) is 0 Å². The average molecular weight is 242 g/mol. The topological polar surface area (TPSA) is 77.8 Å². The van der Waals surface area contributed by atoms with Gasteiger partial charge in [-0.1, -0.05) is 24.3 Å². The maximum Gasteiger partial charge on any atom is 0.197 e. The second-order valence-electron chi connectivity index (χ2n) is 4.21. The van der Waals surface area contributed by atoms with E-state index in [-0.39, 0.29) is 28.4 Å². The van der Waals surface area contributed by atoms with Crippen LogP contribution in [0.2, 0.25) is 0 Å². The molecule has 90 valence electrons.